The lowest BCUT2D eigenvalue weighted by atomic mass is 9.92. The molecule has 1 unspecified atom stereocenters. The Morgan fingerprint density at radius 3 is 2.76 bits per heavy atom. The van der Waals surface area contributed by atoms with Crippen LogP contribution in [0.4, 0.5) is 5.69 Å². The van der Waals surface area contributed by atoms with Gasteiger partial charge in [-0.3, -0.25) is 9.59 Å². The molecule has 2 amide bonds. The highest BCUT2D eigenvalue weighted by Crippen LogP contribution is 2.35. The van der Waals surface area contributed by atoms with Crippen molar-refractivity contribution < 1.29 is 14.3 Å². The summed E-state index contributed by atoms with van der Waals surface area (Å²) in [6, 6.07) is 7.92. The fourth-order valence-electron chi connectivity index (χ4n) is 4.47. The minimum atomic E-state index is 0.00255. The van der Waals surface area contributed by atoms with Gasteiger partial charge in [0, 0.05) is 31.8 Å². The molecular weight excluding hydrogens is 316 g/mol. The molecule has 2 saturated heterocycles. The van der Waals surface area contributed by atoms with Crippen LogP contribution in [-0.2, 0) is 20.7 Å². The van der Waals surface area contributed by atoms with E-state index in [0.29, 0.717) is 6.42 Å². The van der Waals surface area contributed by atoms with Gasteiger partial charge >= 0.3 is 0 Å². The number of nitrogens with zero attached hydrogens (tertiary/aromatic N) is 2. The number of aryl methyl sites for hydroxylation is 1. The third kappa shape index (κ3) is 3.30. The molecule has 1 aromatic rings. The number of carbonyl (C=O) groups excluding carboxylic acids is 2. The normalized spacial score (nSPS) is 26.6. The van der Waals surface area contributed by atoms with Gasteiger partial charge in [0.25, 0.3) is 0 Å². The predicted octanol–water partition coefficient (Wildman–Crippen LogP) is 2.53. The van der Waals surface area contributed by atoms with Crippen molar-refractivity contribution in [2.45, 2.75) is 50.5 Å². The van der Waals surface area contributed by atoms with Crippen LogP contribution >= 0.6 is 0 Å². The highest BCUT2D eigenvalue weighted by molar-refractivity contribution is 6.01. The van der Waals surface area contributed by atoms with Gasteiger partial charge in [-0.25, -0.2) is 0 Å². The van der Waals surface area contributed by atoms with Crippen LogP contribution < -0.4 is 4.90 Å². The first-order valence-electron chi connectivity index (χ1n) is 9.47. The smallest absolute Gasteiger partial charge is 0.242 e. The van der Waals surface area contributed by atoms with E-state index in [9.17, 15) is 9.59 Å². The lowest BCUT2D eigenvalue weighted by Crippen LogP contribution is -2.45. The Balaban J connectivity index is 1.44. The van der Waals surface area contributed by atoms with Gasteiger partial charge in [-0.15, -0.1) is 0 Å². The van der Waals surface area contributed by atoms with Gasteiger partial charge in [-0.05, 0) is 50.2 Å². The summed E-state index contributed by atoms with van der Waals surface area (Å²) in [5, 5.41) is 0. The van der Waals surface area contributed by atoms with E-state index in [2.05, 4.69) is 0 Å². The second-order valence-electron chi connectivity index (χ2n) is 7.48. The zero-order chi connectivity index (χ0) is 17.3. The van der Waals surface area contributed by atoms with Crippen LogP contribution in [0.5, 0.6) is 0 Å². The van der Waals surface area contributed by atoms with Gasteiger partial charge in [0.2, 0.25) is 11.8 Å². The monoisotopic (exact) mass is 342 g/mol. The predicted molar refractivity (Wildman–Crippen MR) is 95.5 cm³/mol. The number of hydrogen-bond donors (Lipinski definition) is 0. The number of anilines is 1. The Kier molecular flexibility index (Phi) is 4.50. The van der Waals surface area contributed by atoms with Gasteiger partial charge in [0.1, 0.15) is 6.54 Å². The summed E-state index contributed by atoms with van der Waals surface area (Å²) in [6.07, 6.45) is 6.45. The highest BCUT2D eigenvalue weighted by atomic mass is 16.5. The number of fused-ring (bicyclic) bond motifs is 1. The summed E-state index contributed by atoms with van der Waals surface area (Å²) in [7, 11) is 0. The van der Waals surface area contributed by atoms with Crippen LogP contribution in [0.25, 0.3) is 0 Å². The molecule has 0 N–H and O–H groups in total. The van der Waals surface area contributed by atoms with Crippen molar-refractivity contribution >= 4 is 17.5 Å². The van der Waals surface area contributed by atoms with Gasteiger partial charge in [0.05, 0.1) is 5.60 Å². The zero-order valence-corrected chi connectivity index (χ0v) is 14.7. The average molecular weight is 342 g/mol. The van der Waals surface area contributed by atoms with Crippen molar-refractivity contribution in [3.05, 3.63) is 29.8 Å². The van der Waals surface area contributed by atoms with E-state index >= 15 is 0 Å². The molecule has 2 fully saturated rings. The van der Waals surface area contributed by atoms with Gasteiger partial charge in [-0.2, -0.15) is 0 Å². The van der Waals surface area contributed by atoms with Crippen LogP contribution in [-0.4, -0.2) is 48.6 Å². The number of rotatable bonds is 2. The molecule has 0 saturated carbocycles. The third-order valence-corrected chi connectivity index (χ3v) is 5.92. The number of hydrogen-bond acceptors (Lipinski definition) is 3. The maximum atomic E-state index is 12.9. The summed E-state index contributed by atoms with van der Waals surface area (Å²) in [5.41, 5.74) is 2.06. The number of carbonyl (C=O) groups is 2. The summed E-state index contributed by atoms with van der Waals surface area (Å²) in [5.74, 6) is 0.109. The fraction of sp³-hybridized carbons (Fsp3) is 0.600. The first kappa shape index (κ1) is 16.6. The van der Waals surface area contributed by atoms with E-state index < -0.39 is 0 Å². The Morgan fingerprint density at radius 2 is 1.92 bits per heavy atom. The van der Waals surface area contributed by atoms with Crippen molar-refractivity contribution in [1.82, 2.24) is 4.90 Å². The van der Waals surface area contributed by atoms with E-state index in [0.717, 1.165) is 69.5 Å². The Labute approximate surface area is 148 Å². The number of amides is 2. The van der Waals surface area contributed by atoms with Crippen molar-refractivity contribution in [3.8, 4) is 0 Å². The standard InChI is InChI=1S/C20H26N2O3/c23-18-8-7-16-5-1-2-6-17(16)22(18)15-19(24)21-12-3-9-20(11-13-21)10-4-14-25-20/h1-2,5-6H,3-4,7-15H2. The Hall–Kier alpha value is -1.88. The van der Waals surface area contributed by atoms with Crippen LogP contribution in [0.1, 0.15) is 44.1 Å². The molecule has 25 heavy (non-hydrogen) atoms. The molecule has 4 rings (SSSR count). The summed E-state index contributed by atoms with van der Waals surface area (Å²) >= 11 is 0. The first-order chi connectivity index (χ1) is 12.2. The maximum absolute atomic E-state index is 12.9. The minimum absolute atomic E-state index is 0.00255. The van der Waals surface area contributed by atoms with E-state index in [1.165, 1.54) is 0 Å². The summed E-state index contributed by atoms with van der Waals surface area (Å²) < 4.78 is 6.00. The molecule has 3 aliphatic heterocycles. The lowest BCUT2D eigenvalue weighted by Gasteiger charge is -2.31. The van der Waals surface area contributed by atoms with Crippen LogP contribution in [0, 0.1) is 0 Å². The molecule has 0 bridgehead atoms. The van der Waals surface area contributed by atoms with Crippen LogP contribution in [0.2, 0.25) is 0 Å². The molecule has 0 aliphatic carbocycles. The van der Waals surface area contributed by atoms with Gasteiger partial charge in [-0.1, -0.05) is 18.2 Å². The second-order valence-corrected chi connectivity index (χ2v) is 7.48. The van der Waals surface area contributed by atoms with Gasteiger partial charge in [0.15, 0.2) is 0 Å². The largest absolute Gasteiger partial charge is 0.375 e. The fourth-order valence-corrected chi connectivity index (χ4v) is 4.47. The quantitative estimate of drug-likeness (QED) is 0.830. The van der Waals surface area contributed by atoms with E-state index in [1.807, 2.05) is 29.2 Å². The molecule has 3 aliphatic rings. The second kappa shape index (κ2) is 6.79. The average Bonchev–Trinajstić information content (AvgIpc) is 2.98. The molecule has 1 spiro atoms. The van der Waals surface area contributed by atoms with Crippen molar-refractivity contribution in [2.24, 2.45) is 0 Å². The Morgan fingerprint density at radius 1 is 1.08 bits per heavy atom. The lowest BCUT2D eigenvalue weighted by molar-refractivity contribution is -0.131. The van der Waals surface area contributed by atoms with E-state index in [1.54, 1.807) is 4.90 Å². The molecule has 5 heteroatoms. The minimum Gasteiger partial charge on any atom is -0.375 e. The van der Waals surface area contributed by atoms with Crippen LogP contribution in [0.3, 0.4) is 0 Å². The summed E-state index contributed by atoms with van der Waals surface area (Å²) in [4.78, 5) is 28.9. The molecule has 3 heterocycles. The zero-order valence-electron chi connectivity index (χ0n) is 14.7. The highest BCUT2D eigenvalue weighted by Gasteiger charge is 2.37. The van der Waals surface area contributed by atoms with Crippen molar-refractivity contribution in [2.75, 3.05) is 31.1 Å². The molecule has 0 aromatic heterocycles. The maximum Gasteiger partial charge on any atom is 0.242 e. The van der Waals surface area contributed by atoms with Crippen molar-refractivity contribution in [3.63, 3.8) is 0 Å². The molecular formula is C20H26N2O3. The number of para-hydroxylation sites is 1. The summed E-state index contributed by atoms with van der Waals surface area (Å²) in [6.45, 7) is 2.52. The number of ether oxygens (including phenoxy) is 1. The Bertz CT molecular complexity index is 667. The third-order valence-electron chi connectivity index (χ3n) is 5.92. The van der Waals surface area contributed by atoms with Crippen molar-refractivity contribution in [1.29, 1.82) is 0 Å². The molecule has 1 aromatic carbocycles. The number of benzene rings is 1. The van der Waals surface area contributed by atoms with E-state index in [4.69, 9.17) is 4.74 Å². The number of likely N-dealkylation sites (tertiary alicyclic amines) is 1. The molecule has 1 atom stereocenters. The molecule has 134 valence electrons. The molecule has 5 nitrogen and oxygen atoms in total. The molecule has 0 radical (unpaired) electrons. The van der Waals surface area contributed by atoms with Gasteiger partial charge < -0.3 is 14.5 Å². The SMILES string of the molecule is O=C(CN1C(=O)CCc2ccccc21)N1CCCC2(CCCO2)CC1. The topological polar surface area (TPSA) is 49.9 Å². The first-order valence-corrected chi connectivity index (χ1v) is 9.47. The van der Waals surface area contributed by atoms with E-state index in [-0.39, 0.29) is 24.0 Å². The van der Waals surface area contributed by atoms with Crippen LogP contribution in [0.15, 0.2) is 24.3 Å².